The molecule has 7 heteroatoms. The zero-order valence-corrected chi connectivity index (χ0v) is 13.1. The summed E-state index contributed by atoms with van der Waals surface area (Å²) in [5.41, 5.74) is 5.68. The number of nitrogens with two attached hydrogens (primary N) is 1. The second kappa shape index (κ2) is 5.69. The van der Waals surface area contributed by atoms with Crippen LogP contribution in [0.2, 0.25) is 0 Å². The van der Waals surface area contributed by atoms with Crippen molar-refractivity contribution in [3.05, 3.63) is 0 Å². The van der Waals surface area contributed by atoms with Gasteiger partial charge in [0, 0.05) is 23.8 Å². The van der Waals surface area contributed by atoms with E-state index in [1.165, 1.54) is 0 Å². The van der Waals surface area contributed by atoms with Gasteiger partial charge >= 0.3 is 0 Å². The van der Waals surface area contributed by atoms with E-state index in [2.05, 4.69) is 4.99 Å². The molecule has 0 aromatic heterocycles. The van der Waals surface area contributed by atoms with Gasteiger partial charge in [-0.3, -0.25) is 0 Å². The minimum absolute atomic E-state index is 0.136. The third-order valence-electron chi connectivity index (χ3n) is 2.65. The Morgan fingerprint density at radius 2 is 2.11 bits per heavy atom. The summed E-state index contributed by atoms with van der Waals surface area (Å²) < 4.78 is 24.1. The standard InChI is InChI=1S/C11H23N3O2S2/c1-5-18(15,16)9-8-17-7-6-14(9)10(12)13-11(2,3)4/h9H,5-8H2,1-4H3,(H2,12,13). The first-order valence-corrected chi connectivity index (χ1v) is 8.95. The summed E-state index contributed by atoms with van der Waals surface area (Å²) in [7, 11) is -3.13. The second-order valence-electron chi connectivity index (χ2n) is 5.32. The molecule has 106 valence electrons. The number of hydrogen-bond acceptors (Lipinski definition) is 4. The fourth-order valence-electron chi connectivity index (χ4n) is 1.74. The highest BCUT2D eigenvalue weighted by molar-refractivity contribution is 8.01. The molecule has 0 aliphatic carbocycles. The second-order valence-corrected chi connectivity index (χ2v) is 8.91. The Hall–Kier alpha value is -0.430. The van der Waals surface area contributed by atoms with E-state index in [9.17, 15) is 8.42 Å². The van der Waals surface area contributed by atoms with Crippen molar-refractivity contribution in [3.63, 3.8) is 0 Å². The number of aliphatic imine (C=N–C) groups is 1. The lowest BCUT2D eigenvalue weighted by Crippen LogP contribution is -2.53. The van der Waals surface area contributed by atoms with Crippen molar-refractivity contribution in [2.45, 2.75) is 38.6 Å². The molecule has 1 aliphatic rings. The van der Waals surface area contributed by atoms with Crippen LogP contribution in [-0.4, -0.2) is 54.0 Å². The Morgan fingerprint density at radius 1 is 1.50 bits per heavy atom. The molecule has 2 N–H and O–H groups in total. The van der Waals surface area contributed by atoms with E-state index in [4.69, 9.17) is 5.73 Å². The van der Waals surface area contributed by atoms with Crippen LogP contribution < -0.4 is 5.73 Å². The van der Waals surface area contributed by atoms with E-state index < -0.39 is 15.2 Å². The highest BCUT2D eigenvalue weighted by Crippen LogP contribution is 2.22. The van der Waals surface area contributed by atoms with Crippen LogP contribution in [0.5, 0.6) is 0 Å². The average Bonchev–Trinajstić information content (AvgIpc) is 2.27. The molecule has 0 saturated carbocycles. The molecule has 0 amide bonds. The third kappa shape index (κ3) is 4.05. The smallest absolute Gasteiger partial charge is 0.192 e. The molecule has 0 aromatic rings. The van der Waals surface area contributed by atoms with Gasteiger partial charge < -0.3 is 10.6 Å². The molecule has 1 fully saturated rings. The van der Waals surface area contributed by atoms with Gasteiger partial charge in [-0.05, 0) is 20.8 Å². The molecule has 1 unspecified atom stereocenters. The van der Waals surface area contributed by atoms with E-state index in [1.807, 2.05) is 20.8 Å². The minimum Gasteiger partial charge on any atom is -0.370 e. The summed E-state index contributed by atoms with van der Waals surface area (Å²) >= 11 is 1.65. The number of hydrogen-bond donors (Lipinski definition) is 1. The van der Waals surface area contributed by atoms with Crippen molar-refractivity contribution in [1.82, 2.24) is 4.90 Å². The summed E-state index contributed by atoms with van der Waals surface area (Å²) in [5, 5.41) is -0.535. The maximum Gasteiger partial charge on any atom is 0.192 e. The van der Waals surface area contributed by atoms with Crippen LogP contribution in [0.3, 0.4) is 0 Å². The molecule has 1 saturated heterocycles. The average molecular weight is 293 g/mol. The minimum atomic E-state index is -3.13. The van der Waals surface area contributed by atoms with Crippen molar-refractivity contribution in [2.24, 2.45) is 10.7 Å². The summed E-state index contributed by atoms with van der Waals surface area (Å²) in [6, 6.07) is 0. The number of nitrogens with zero attached hydrogens (tertiary/aromatic N) is 2. The summed E-state index contributed by atoms with van der Waals surface area (Å²) in [4.78, 5) is 6.11. The zero-order valence-electron chi connectivity index (χ0n) is 11.5. The fourth-order valence-corrected chi connectivity index (χ4v) is 4.72. The molecule has 0 bridgehead atoms. The van der Waals surface area contributed by atoms with Crippen LogP contribution in [0, 0.1) is 0 Å². The lowest BCUT2D eigenvalue weighted by molar-refractivity contribution is 0.397. The van der Waals surface area contributed by atoms with Crippen molar-refractivity contribution in [1.29, 1.82) is 0 Å². The molecule has 0 spiro atoms. The summed E-state index contributed by atoms with van der Waals surface area (Å²) in [6.45, 7) is 8.15. The first-order valence-electron chi connectivity index (χ1n) is 6.08. The Kier molecular flexibility index (Phi) is 4.94. The quantitative estimate of drug-likeness (QED) is 0.605. The van der Waals surface area contributed by atoms with Gasteiger partial charge in [0.1, 0.15) is 5.37 Å². The topological polar surface area (TPSA) is 75.8 Å². The Bertz CT molecular complexity index is 412. The highest BCUT2D eigenvalue weighted by atomic mass is 32.2. The van der Waals surface area contributed by atoms with E-state index in [0.717, 1.165) is 5.75 Å². The lowest BCUT2D eigenvalue weighted by Gasteiger charge is -2.36. The van der Waals surface area contributed by atoms with E-state index >= 15 is 0 Å². The highest BCUT2D eigenvalue weighted by Gasteiger charge is 2.34. The van der Waals surface area contributed by atoms with Crippen LogP contribution in [0.1, 0.15) is 27.7 Å². The maximum absolute atomic E-state index is 12.1. The zero-order chi connectivity index (χ0) is 14.0. The van der Waals surface area contributed by atoms with Crippen LogP contribution >= 0.6 is 11.8 Å². The van der Waals surface area contributed by atoms with Gasteiger partial charge in [-0.2, -0.15) is 11.8 Å². The van der Waals surface area contributed by atoms with E-state index in [1.54, 1.807) is 23.6 Å². The molecular weight excluding hydrogens is 270 g/mol. The lowest BCUT2D eigenvalue weighted by atomic mass is 10.1. The van der Waals surface area contributed by atoms with Crippen molar-refractivity contribution in [3.8, 4) is 0 Å². The van der Waals surface area contributed by atoms with E-state index in [0.29, 0.717) is 18.3 Å². The van der Waals surface area contributed by atoms with Crippen molar-refractivity contribution in [2.75, 3.05) is 23.8 Å². The molecule has 1 aliphatic heterocycles. The normalized spacial score (nSPS) is 23.2. The molecular formula is C11H23N3O2S2. The van der Waals surface area contributed by atoms with Gasteiger partial charge in [0.2, 0.25) is 0 Å². The number of guanidine groups is 1. The predicted octanol–water partition coefficient (Wildman–Crippen LogP) is 0.909. The maximum atomic E-state index is 12.1. The molecule has 1 atom stereocenters. The van der Waals surface area contributed by atoms with Gasteiger partial charge in [0.05, 0.1) is 5.54 Å². The SMILES string of the molecule is CCS(=O)(=O)C1CSCCN1C(N)=NC(C)(C)C. The van der Waals surface area contributed by atoms with Crippen LogP contribution in [0.4, 0.5) is 0 Å². The molecule has 0 radical (unpaired) electrons. The third-order valence-corrected chi connectivity index (χ3v) is 5.93. The predicted molar refractivity (Wildman–Crippen MR) is 78.7 cm³/mol. The van der Waals surface area contributed by atoms with Crippen LogP contribution in [-0.2, 0) is 9.84 Å². The van der Waals surface area contributed by atoms with Crippen LogP contribution in [0.15, 0.2) is 4.99 Å². The van der Waals surface area contributed by atoms with Gasteiger partial charge in [0.15, 0.2) is 15.8 Å². The number of thioether (sulfide) groups is 1. The van der Waals surface area contributed by atoms with Crippen molar-refractivity contribution >= 4 is 27.6 Å². The first-order chi connectivity index (χ1) is 8.17. The summed E-state index contributed by atoms with van der Waals surface area (Å²) in [6.07, 6.45) is 0. The van der Waals surface area contributed by atoms with Gasteiger partial charge in [-0.1, -0.05) is 6.92 Å². The number of sulfone groups is 1. The largest absolute Gasteiger partial charge is 0.370 e. The number of rotatable bonds is 2. The Balaban J connectivity index is 3.01. The summed E-state index contributed by atoms with van der Waals surface area (Å²) in [5.74, 6) is 1.93. The van der Waals surface area contributed by atoms with Gasteiger partial charge in [-0.25, -0.2) is 13.4 Å². The molecule has 1 heterocycles. The van der Waals surface area contributed by atoms with Gasteiger partial charge in [-0.15, -0.1) is 0 Å². The van der Waals surface area contributed by atoms with Crippen LogP contribution in [0.25, 0.3) is 0 Å². The van der Waals surface area contributed by atoms with Crippen molar-refractivity contribution < 1.29 is 8.42 Å². The van der Waals surface area contributed by atoms with Gasteiger partial charge in [0.25, 0.3) is 0 Å². The first kappa shape index (κ1) is 15.6. The molecule has 0 aromatic carbocycles. The fraction of sp³-hybridized carbons (Fsp3) is 0.909. The molecule has 18 heavy (non-hydrogen) atoms. The Morgan fingerprint density at radius 3 is 2.61 bits per heavy atom. The molecule has 1 rings (SSSR count). The van der Waals surface area contributed by atoms with E-state index in [-0.39, 0.29) is 11.3 Å². The molecule has 5 nitrogen and oxygen atoms in total. The monoisotopic (exact) mass is 293 g/mol. The Labute approximate surface area is 114 Å².